The number of aromatic hydroxyl groups is 2. The summed E-state index contributed by atoms with van der Waals surface area (Å²) in [5.74, 6) is 1.36. The van der Waals surface area contributed by atoms with Crippen LogP contribution in [0.2, 0.25) is 0 Å². The molecule has 0 saturated carbocycles. The zero-order valence-electron chi connectivity index (χ0n) is 14.8. The first kappa shape index (κ1) is 16.8. The molecule has 0 spiro atoms. The Morgan fingerprint density at radius 2 is 1.73 bits per heavy atom. The van der Waals surface area contributed by atoms with Gasteiger partial charge in [-0.15, -0.1) is 0 Å². The summed E-state index contributed by atoms with van der Waals surface area (Å²) in [4.78, 5) is 0. The largest absolute Gasteiger partial charge is 0.504 e. The van der Waals surface area contributed by atoms with E-state index >= 15 is 0 Å². The van der Waals surface area contributed by atoms with E-state index in [0.717, 1.165) is 29.5 Å². The summed E-state index contributed by atoms with van der Waals surface area (Å²) in [6.07, 6.45) is 5.77. The number of hydrogen-bond acceptors (Lipinski definition) is 5. The van der Waals surface area contributed by atoms with Crippen LogP contribution in [0.3, 0.4) is 0 Å². The zero-order valence-corrected chi connectivity index (χ0v) is 14.8. The van der Waals surface area contributed by atoms with Gasteiger partial charge < -0.3 is 24.4 Å². The Morgan fingerprint density at radius 1 is 0.962 bits per heavy atom. The van der Waals surface area contributed by atoms with Crippen LogP contribution in [0, 0.1) is 0 Å². The maximum Gasteiger partial charge on any atom is 0.160 e. The van der Waals surface area contributed by atoms with Gasteiger partial charge >= 0.3 is 0 Å². The molecule has 5 heteroatoms. The van der Waals surface area contributed by atoms with E-state index in [1.165, 1.54) is 7.11 Å². The number of rotatable bonds is 3. The molecule has 0 amide bonds. The SMILES string of the molecule is COc1ccc(C2C=CC3c4cc(OC)c(O)cc4CCC3O2)cc1O. The summed E-state index contributed by atoms with van der Waals surface area (Å²) in [5.41, 5.74) is 3.17. The van der Waals surface area contributed by atoms with Crippen LogP contribution in [0.5, 0.6) is 23.0 Å². The van der Waals surface area contributed by atoms with Crippen LogP contribution >= 0.6 is 0 Å². The number of hydrogen-bond donors (Lipinski definition) is 2. The maximum absolute atomic E-state index is 10.0. The molecule has 3 unspecified atom stereocenters. The normalized spacial score (nSPS) is 23.8. The molecule has 0 saturated heterocycles. The van der Waals surface area contributed by atoms with E-state index < -0.39 is 0 Å². The van der Waals surface area contributed by atoms with Gasteiger partial charge in [0.05, 0.1) is 20.3 Å². The minimum absolute atomic E-state index is 0.0518. The summed E-state index contributed by atoms with van der Waals surface area (Å²) in [6.45, 7) is 0. The molecule has 26 heavy (non-hydrogen) atoms. The van der Waals surface area contributed by atoms with Crippen molar-refractivity contribution < 1.29 is 24.4 Å². The van der Waals surface area contributed by atoms with Crippen molar-refractivity contribution in [2.45, 2.75) is 31.0 Å². The highest BCUT2D eigenvalue weighted by atomic mass is 16.5. The number of fused-ring (bicyclic) bond motifs is 3. The second kappa shape index (κ2) is 6.57. The first-order valence-electron chi connectivity index (χ1n) is 8.71. The Balaban J connectivity index is 1.64. The number of benzene rings is 2. The first-order valence-corrected chi connectivity index (χ1v) is 8.71. The molecule has 0 radical (unpaired) electrons. The Bertz CT molecular complexity index is 858. The molecule has 2 N–H and O–H groups in total. The van der Waals surface area contributed by atoms with E-state index in [9.17, 15) is 10.2 Å². The van der Waals surface area contributed by atoms with Crippen LogP contribution in [-0.2, 0) is 11.2 Å². The molecule has 5 nitrogen and oxygen atoms in total. The topological polar surface area (TPSA) is 68.2 Å². The molecule has 2 aromatic carbocycles. The molecule has 136 valence electrons. The summed E-state index contributed by atoms with van der Waals surface area (Å²) in [5, 5.41) is 20.0. The van der Waals surface area contributed by atoms with Crippen LogP contribution in [0.25, 0.3) is 0 Å². The van der Waals surface area contributed by atoms with Crippen LogP contribution in [0.15, 0.2) is 42.5 Å². The standard InChI is InChI=1S/C21H22O5/c1-24-20-7-4-13(10-16(20)22)18-8-5-14-15-11-21(25-2)17(23)9-12(15)3-6-19(14)26-18/h4-5,7-11,14,18-19,22-23H,3,6H2,1-2H3. The molecule has 3 atom stereocenters. The van der Waals surface area contributed by atoms with Gasteiger partial charge in [0.15, 0.2) is 23.0 Å². The Labute approximate surface area is 152 Å². The second-order valence-electron chi connectivity index (χ2n) is 6.70. The van der Waals surface area contributed by atoms with Crippen molar-refractivity contribution in [3.8, 4) is 23.0 Å². The van der Waals surface area contributed by atoms with Crippen molar-refractivity contribution in [1.82, 2.24) is 0 Å². The Morgan fingerprint density at radius 3 is 2.46 bits per heavy atom. The molecule has 0 aromatic heterocycles. The molecular formula is C21H22O5. The van der Waals surface area contributed by atoms with Gasteiger partial charge in [-0.3, -0.25) is 0 Å². The van der Waals surface area contributed by atoms with Crippen molar-refractivity contribution in [1.29, 1.82) is 0 Å². The van der Waals surface area contributed by atoms with E-state index in [-0.39, 0.29) is 29.6 Å². The van der Waals surface area contributed by atoms with E-state index in [1.807, 2.05) is 18.2 Å². The van der Waals surface area contributed by atoms with Gasteiger partial charge in [-0.05, 0) is 53.8 Å². The highest BCUT2D eigenvalue weighted by Crippen LogP contribution is 2.44. The predicted molar refractivity (Wildman–Crippen MR) is 97.1 cm³/mol. The summed E-state index contributed by atoms with van der Waals surface area (Å²) in [6, 6.07) is 9.05. The molecule has 4 rings (SSSR count). The van der Waals surface area contributed by atoms with Crippen LogP contribution < -0.4 is 9.47 Å². The number of phenols is 2. The third kappa shape index (κ3) is 2.78. The van der Waals surface area contributed by atoms with Gasteiger partial charge in [0.1, 0.15) is 6.10 Å². The second-order valence-corrected chi connectivity index (χ2v) is 6.70. The van der Waals surface area contributed by atoms with Crippen LogP contribution in [0.4, 0.5) is 0 Å². The fourth-order valence-electron chi connectivity index (χ4n) is 3.90. The number of aryl methyl sites for hydroxylation is 1. The van der Waals surface area contributed by atoms with Gasteiger partial charge in [-0.2, -0.15) is 0 Å². The lowest BCUT2D eigenvalue weighted by Gasteiger charge is -2.37. The fraction of sp³-hybridized carbons (Fsp3) is 0.333. The van der Waals surface area contributed by atoms with Crippen LogP contribution in [-0.4, -0.2) is 30.5 Å². The smallest absolute Gasteiger partial charge is 0.160 e. The van der Waals surface area contributed by atoms with Crippen molar-refractivity contribution in [3.63, 3.8) is 0 Å². The van der Waals surface area contributed by atoms with Crippen molar-refractivity contribution in [3.05, 3.63) is 59.2 Å². The molecule has 0 fully saturated rings. The minimum atomic E-state index is -0.200. The van der Waals surface area contributed by atoms with E-state index in [1.54, 1.807) is 25.3 Å². The fourth-order valence-corrected chi connectivity index (χ4v) is 3.90. The number of ether oxygens (including phenoxy) is 3. The number of phenolic OH excluding ortho intramolecular Hbond substituents is 2. The van der Waals surface area contributed by atoms with E-state index in [2.05, 4.69) is 6.08 Å². The van der Waals surface area contributed by atoms with Gasteiger partial charge in [0.25, 0.3) is 0 Å². The first-order chi connectivity index (χ1) is 12.6. The summed E-state index contributed by atoms with van der Waals surface area (Å²) < 4.78 is 16.7. The predicted octanol–water partition coefficient (Wildman–Crippen LogP) is 3.84. The average molecular weight is 354 g/mol. The van der Waals surface area contributed by atoms with Crippen molar-refractivity contribution in [2.75, 3.05) is 14.2 Å². The zero-order chi connectivity index (χ0) is 18.3. The van der Waals surface area contributed by atoms with E-state index in [0.29, 0.717) is 11.5 Å². The van der Waals surface area contributed by atoms with Gasteiger partial charge in [0, 0.05) is 5.92 Å². The Hall–Kier alpha value is -2.66. The highest BCUT2D eigenvalue weighted by Gasteiger charge is 2.34. The molecular weight excluding hydrogens is 332 g/mol. The molecule has 1 heterocycles. The van der Waals surface area contributed by atoms with Crippen molar-refractivity contribution in [2.24, 2.45) is 0 Å². The third-order valence-corrected chi connectivity index (χ3v) is 5.24. The minimum Gasteiger partial charge on any atom is -0.504 e. The highest BCUT2D eigenvalue weighted by molar-refractivity contribution is 5.51. The molecule has 0 bridgehead atoms. The summed E-state index contributed by atoms with van der Waals surface area (Å²) >= 11 is 0. The lowest BCUT2D eigenvalue weighted by molar-refractivity contribution is -0.0140. The van der Waals surface area contributed by atoms with Crippen LogP contribution in [0.1, 0.15) is 35.1 Å². The molecule has 1 aliphatic carbocycles. The van der Waals surface area contributed by atoms with Gasteiger partial charge in [0.2, 0.25) is 0 Å². The molecule has 2 aliphatic rings. The maximum atomic E-state index is 10.0. The van der Waals surface area contributed by atoms with E-state index in [4.69, 9.17) is 14.2 Å². The molecule has 2 aromatic rings. The third-order valence-electron chi connectivity index (χ3n) is 5.24. The quantitative estimate of drug-likeness (QED) is 0.820. The van der Waals surface area contributed by atoms with Crippen molar-refractivity contribution >= 4 is 0 Å². The average Bonchev–Trinajstić information content (AvgIpc) is 2.66. The number of methoxy groups -OCH3 is 2. The summed E-state index contributed by atoms with van der Waals surface area (Å²) in [7, 11) is 3.09. The lowest BCUT2D eigenvalue weighted by atomic mass is 9.78. The molecule has 1 aliphatic heterocycles. The monoisotopic (exact) mass is 354 g/mol. The Kier molecular flexibility index (Phi) is 4.24. The van der Waals surface area contributed by atoms with Gasteiger partial charge in [-0.25, -0.2) is 0 Å². The lowest BCUT2D eigenvalue weighted by Crippen LogP contribution is -2.31. The van der Waals surface area contributed by atoms with Gasteiger partial charge in [-0.1, -0.05) is 18.2 Å².